The molecule has 1 aromatic carbocycles. The smallest absolute Gasteiger partial charge is 0.250 e. The molecule has 0 atom stereocenters. The van der Waals surface area contributed by atoms with Crippen molar-refractivity contribution in [3.8, 4) is 0 Å². The second-order valence-electron chi connectivity index (χ2n) is 5.19. The molecule has 1 saturated carbocycles. The Hall–Kier alpha value is -1.26. The van der Waals surface area contributed by atoms with E-state index in [9.17, 15) is 8.78 Å². The van der Waals surface area contributed by atoms with Gasteiger partial charge >= 0.3 is 0 Å². The maximum absolute atomic E-state index is 13.3. The third kappa shape index (κ3) is 1.90. The summed E-state index contributed by atoms with van der Waals surface area (Å²) in [6.45, 7) is 0.151. The largest absolute Gasteiger partial charge is 0.330 e. The van der Waals surface area contributed by atoms with Crippen LogP contribution in [-0.4, -0.2) is 17.5 Å². The van der Waals surface area contributed by atoms with Gasteiger partial charge in [-0.25, -0.2) is 8.78 Å². The van der Waals surface area contributed by atoms with Crippen molar-refractivity contribution in [1.82, 2.24) is 4.98 Å². The highest BCUT2D eigenvalue weighted by Crippen LogP contribution is 2.55. The van der Waals surface area contributed by atoms with E-state index in [2.05, 4.69) is 4.98 Å². The molecular formula is C14H13ClF2N2. The molecule has 19 heavy (non-hydrogen) atoms. The molecule has 0 amide bonds. The molecule has 0 unspecified atom stereocenters. The summed E-state index contributed by atoms with van der Waals surface area (Å²) in [4.78, 5) is 4.30. The molecule has 0 radical (unpaired) electrons. The maximum Gasteiger partial charge on any atom is 0.250 e. The average Bonchev–Trinajstić information content (AvgIpc) is 2.35. The molecule has 100 valence electrons. The molecule has 2 N–H and O–H groups in total. The van der Waals surface area contributed by atoms with Crippen LogP contribution in [0.1, 0.15) is 18.4 Å². The third-order valence-electron chi connectivity index (χ3n) is 3.84. The Morgan fingerprint density at radius 2 is 2.00 bits per heavy atom. The van der Waals surface area contributed by atoms with Gasteiger partial charge in [0.2, 0.25) is 5.92 Å². The van der Waals surface area contributed by atoms with E-state index in [1.807, 2.05) is 18.2 Å². The zero-order chi connectivity index (χ0) is 13.7. The number of hydrogen-bond acceptors (Lipinski definition) is 2. The van der Waals surface area contributed by atoms with Crippen LogP contribution >= 0.6 is 11.6 Å². The number of nitrogens with zero attached hydrogens (tertiary/aromatic N) is 1. The van der Waals surface area contributed by atoms with Crippen LogP contribution in [0.4, 0.5) is 8.78 Å². The first-order chi connectivity index (χ1) is 8.97. The number of rotatable bonds is 2. The molecule has 2 aromatic rings. The summed E-state index contributed by atoms with van der Waals surface area (Å²) in [5.74, 6) is -2.65. The number of benzene rings is 1. The first-order valence-electron chi connectivity index (χ1n) is 6.09. The number of halogens is 3. The summed E-state index contributed by atoms with van der Waals surface area (Å²) >= 11 is 6.23. The number of nitrogens with two attached hydrogens (primary N) is 1. The SMILES string of the molecule is NCC1(c2c(Cl)ccc3cccnc23)CC(F)(F)C1. The zero-order valence-electron chi connectivity index (χ0n) is 10.2. The van der Waals surface area contributed by atoms with Crippen LogP contribution in [-0.2, 0) is 5.41 Å². The van der Waals surface area contributed by atoms with E-state index in [-0.39, 0.29) is 19.4 Å². The Kier molecular flexibility index (Phi) is 2.76. The Morgan fingerprint density at radius 3 is 2.63 bits per heavy atom. The van der Waals surface area contributed by atoms with Crippen molar-refractivity contribution in [2.75, 3.05) is 6.54 Å². The van der Waals surface area contributed by atoms with Crippen molar-refractivity contribution in [2.45, 2.75) is 24.2 Å². The second kappa shape index (κ2) is 4.12. The van der Waals surface area contributed by atoms with Crippen LogP contribution in [0.25, 0.3) is 10.9 Å². The predicted octanol–water partition coefficient (Wildman–Crippen LogP) is 3.51. The van der Waals surface area contributed by atoms with Crippen molar-refractivity contribution in [3.05, 3.63) is 41.0 Å². The number of hydrogen-bond donors (Lipinski definition) is 1. The fourth-order valence-corrected chi connectivity index (χ4v) is 3.34. The zero-order valence-corrected chi connectivity index (χ0v) is 10.9. The van der Waals surface area contributed by atoms with Crippen molar-refractivity contribution in [1.29, 1.82) is 0 Å². The van der Waals surface area contributed by atoms with Crippen LogP contribution < -0.4 is 5.73 Å². The van der Waals surface area contributed by atoms with Gasteiger partial charge in [0.25, 0.3) is 0 Å². The summed E-state index contributed by atoms with van der Waals surface area (Å²) in [6.07, 6.45) is 1.13. The lowest BCUT2D eigenvalue weighted by molar-refractivity contribution is -0.123. The van der Waals surface area contributed by atoms with E-state index in [0.29, 0.717) is 16.1 Å². The van der Waals surface area contributed by atoms with Crippen molar-refractivity contribution < 1.29 is 8.78 Å². The molecule has 0 saturated heterocycles. The number of pyridine rings is 1. The normalized spacial score (nSPS) is 20.2. The summed E-state index contributed by atoms with van der Waals surface area (Å²) < 4.78 is 26.6. The highest BCUT2D eigenvalue weighted by molar-refractivity contribution is 6.32. The van der Waals surface area contributed by atoms with E-state index < -0.39 is 11.3 Å². The van der Waals surface area contributed by atoms with E-state index in [1.165, 1.54) is 0 Å². The van der Waals surface area contributed by atoms with Crippen molar-refractivity contribution in [2.24, 2.45) is 5.73 Å². The second-order valence-corrected chi connectivity index (χ2v) is 5.60. The monoisotopic (exact) mass is 282 g/mol. The van der Waals surface area contributed by atoms with Gasteiger partial charge in [-0.2, -0.15) is 0 Å². The first-order valence-corrected chi connectivity index (χ1v) is 6.47. The summed E-state index contributed by atoms with van der Waals surface area (Å²) in [5.41, 5.74) is 6.35. The Labute approximate surface area is 114 Å². The fourth-order valence-electron chi connectivity index (χ4n) is 2.99. The van der Waals surface area contributed by atoms with Crippen molar-refractivity contribution in [3.63, 3.8) is 0 Å². The van der Waals surface area contributed by atoms with Gasteiger partial charge < -0.3 is 5.73 Å². The molecule has 1 fully saturated rings. The number of fused-ring (bicyclic) bond motifs is 1. The predicted molar refractivity (Wildman–Crippen MR) is 71.7 cm³/mol. The van der Waals surface area contributed by atoms with Crippen LogP contribution in [0.15, 0.2) is 30.5 Å². The van der Waals surface area contributed by atoms with Crippen molar-refractivity contribution >= 4 is 22.5 Å². The lowest BCUT2D eigenvalue weighted by Crippen LogP contribution is -2.54. The maximum atomic E-state index is 13.3. The first kappa shape index (κ1) is 12.8. The topological polar surface area (TPSA) is 38.9 Å². The van der Waals surface area contributed by atoms with Crippen LogP contribution in [0.5, 0.6) is 0 Å². The summed E-state index contributed by atoms with van der Waals surface area (Å²) in [6, 6.07) is 7.28. The minimum Gasteiger partial charge on any atom is -0.330 e. The molecule has 0 spiro atoms. The summed E-state index contributed by atoms with van der Waals surface area (Å²) in [7, 11) is 0. The third-order valence-corrected chi connectivity index (χ3v) is 4.15. The fraction of sp³-hybridized carbons (Fsp3) is 0.357. The van der Waals surface area contributed by atoms with Gasteiger partial charge in [0.1, 0.15) is 0 Å². The lowest BCUT2D eigenvalue weighted by atomic mass is 9.61. The standard InChI is InChI=1S/C14H13ClF2N2/c15-10-4-3-9-2-1-5-19-12(9)11(10)13(8-18)6-14(16,17)7-13/h1-5H,6-8,18H2. The highest BCUT2D eigenvalue weighted by Gasteiger charge is 2.57. The Morgan fingerprint density at radius 1 is 1.26 bits per heavy atom. The summed E-state index contributed by atoms with van der Waals surface area (Å²) in [5, 5.41) is 1.36. The van der Waals surface area contributed by atoms with E-state index in [1.54, 1.807) is 12.3 Å². The molecule has 5 heteroatoms. The van der Waals surface area contributed by atoms with Crippen LogP contribution in [0, 0.1) is 0 Å². The molecule has 1 aromatic heterocycles. The number of aromatic nitrogens is 1. The lowest BCUT2D eigenvalue weighted by Gasteiger charge is -2.47. The molecule has 3 rings (SSSR count). The minimum atomic E-state index is -2.65. The van der Waals surface area contributed by atoms with Gasteiger partial charge in [-0.15, -0.1) is 0 Å². The van der Waals surface area contributed by atoms with Gasteiger partial charge in [0.05, 0.1) is 5.52 Å². The average molecular weight is 283 g/mol. The Balaban J connectivity index is 2.22. The van der Waals surface area contributed by atoms with E-state index >= 15 is 0 Å². The quantitative estimate of drug-likeness (QED) is 0.915. The Bertz CT molecular complexity index is 634. The van der Waals surface area contributed by atoms with Crippen LogP contribution in [0.2, 0.25) is 5.02 Å². The van der Waals surface area contributed by atoms with Gasteiger partial charge in [-0.1, -0.05) is 23.7 Å². The molecule has 2 nitrogen and oxygen atoms in total. The highest BCUT2D eigenvalue weighted by atomic mass is 35.5. The van der Waals surface area contributed by atoms with Gasteiger partial charge in [-0.3, -0.25) is 4.98 Å². The molecular weight excluding hydrogens is 270 g/mol. The number of alkyl halides is 2. The molecule has 0 bridgehead atoms. The molecule has 1 aliphatic carbocycles. The molecule has 1 heterocycles. The molecule has 0 aliphatic heterocycles. The van der Waals surface area contributed by atoms with Gasteiger partial charge in [0, 0.05) is 47.0 Å². The van der Waals surface area contributed by atoms with E-state index in [0.717, 1.165) is 5.39 Å². The minimum absolute atomic E-state index is 0.151. The molecule has 1 aliphatic rings. The van der Waals surface area contributed by atoms with Gasteiger partial charge in [0.15, 0.2) is 0 Å². The van der Waals surface area contributed by atoms with E-state index in [4.69, 9.17) is 17.3 Å². The van der Waals surface area contributed by atoms with Crippen LogP contribution in [0.3, 0.4) is 0 Å². The van der Waals surface area contributed by atoms with Gasteiger partial charge in [-0.05, 0) is 12.1 Å².